The van der Waals surface area contributed by atoms with Crippen LogP contribution in [0.15, 0.2) is 209 Å². The first-order chi connectivity index (χ1) is 33.4. The van der Waals surface area contributed by atoms with Crippen LogP contribution < -0.4 is 0 Å². The van der Waals surface area contributed by atoms with E-state index in [1.165, 1.54) is 93.7 Å². The molecule has 0 fully saturated rings. The van der Waals surface area contributed by atoms with Crippen LogP contribution in [0.4, 0.5) is 0 Å². The van der Waals surface area contributed by atoms with Crippen molar-refractivity contribution in [3.8, 4) is 33.6 Å². The second-order valence-corrected chi connectivity index (χ2v) is 18.8. The molecule has 4 nitrogen and oxygen atoms in total. The van der Waals surface area contributed by atoms with Crippen LogP contribution in [0.25, 0.3) is 121 Å². The first-order valence-corrected chi connectivity index (χ1v) is 23.5. The summed E-state index contributed by atoms with van der Waals surface area (Å²) >= 11 is 0. The lowest BCUT2D eigenvalue weighted by atomic mass is 9.99. The third kappa shape index (κ3) is 6.07. The first kappa shape index (κ1) is 38.6. The van der Waals surface area contributed by atoms with Crippen molar-refractivity contribution in [2.75, 3.05) is 0 Å². The van der Waals surface area contributed by atoms with E-state index >= 15 is 0 Å². The van der Waals surface area contributed by atoms with E-state index in [9.17, 15) is 0 Å². The number of nitrogens with zero attached hydrogens (tertiary/aromatic N) is 2. The highest BCUT2D eigenvalue weighted by atomic mass is 16.3. The molecule has 4 aromatic heterocycles. The SMILES string of the molecule is Cc1ccc2oc3ccc(-c4ccc5c(c4)c4cc(C)ccc4n5-c4ccc(Cc5ccc6c(c5)c5cc(-c7ccc8oc9ccc(C)cc9c8c7)ccc5n6-c5ccccc5)cc4)cc3c2c1. The molecule has 0 aliphatic carbocycles. The molecule has 0 unspecified atom stereocenters. The highest BCUT2D eigenvalue weighted by Gasteiger charge is 2.18. The van der Waals surface area contributed by atoms with Gasteiger partial charge in [0.25, 0.3) is 0 Å². The van der Waals surface area contributed by atoms with E-state index < -0.39 is 0 Å². The standard InChI is InChI=1S/C64H44N2O2/c1-38-9-21-57-49(29-38)51-34-43(45-17-27-63-55(36-45)53-30-39(2)10-25-61(53)67-63)15-23-59(51)66(57)48-19-12-41(13-20-48)32-42-14-22-58-50(33-42)52-35-44(16-24-60(52)65(58)47-7-5-4-6-8-47)46-18-28-64-56(37-46)54-31-40(3)11-26-62(54)68-64/h4-31,33-37H,32H2,1-3H3. The van der Waals surface area contributed by atoms with Crippen molar-refractivity contribution in [2.45, 2.75) is 27.2 Å². The average Bonchev–Trinajstić information content (AvgIpc) is 4.11. The maximum atomic E-state index is 6.23. The van der Waals surface area contributed by atoms with Crippen LogP contribution in [-0.4, -0.2) is 9.13 Å². The summed E-state index contributed by atoms with van der Waals surface area (Å²) in [6, 6.07) is 73.6. The first-order valence-electron chi connectivity index (χ1n) is 23.5. The van der Waals surface area contributed by atoms with Gasteiger partial charge in [0.05, 0.1) is 22.1 Å². The molecule has 0 spiro atoms. The molecular formula is C64H44N2O2. The Kier molecular flexibility index (Phi) is 8.36. The largest absolute Gasteiger partial charge is 0.456 e. The summed E-state index contributed by atoms with van der Waals surface area (Å²) in [7, 11) is 0. The molecule has 0 aliphatic heterocycles. The summed E-state index contributed by atoms with van der Waals surface area (Å²) in [5, 5.41) is 9.60. The second-order valence-electron chi connectivity index (χ2n) is 18.8. The van der Waals surface area contributed by atoms with Gasteiger partial charge in [0.1, 0.15) is 22.3 Å². The summed E-state index contributed by atoms with van der Waals surface area (Å²) < 4.78 is 17.3. The lowest BCUT2D eigenvalue weighted by Gasteiger charge is -2.10. The number of para-hydroxylation sites is 1. The number of benzene rings is 10. The molecule has 10 aromatic carbocycles. The zero-order valence-electron chi connectivity index (χ0n) is 38.0. The quantitative estimate of drug-likeness (QED) is 0.167. The third-order valence-corrected chi connectivity index (χ3v) is 14.3. The number of fused-ring (bicyclic) bond motifs is 12. The number of hydrogen-bond donors (Lipinski definition) is 0. The van der Waals surface area contributed by atoms with Gasteiger partial charge in [-0.25, -0.2) is 0 Å². The van der Waals surface area contributed by atoms with Crippen molar-refractivity contribution in [3.05, 3.63) is 228 Å². The Bertz CT molecular complexity index is 4370. The van der Waals surface area contributed by atoms with Crippen molar-refractivity contribution in [2.24, 2.45) is 0 Å². The number of hydrogen-bond acceptors (Lipinski definition) is 2. The molecule has 0 radical (unpaired) electrons. The van der Waals surface area contributed by atoms with Gasteiger partial charge in [-0.15, -0.1) is 0 Å². The maximum Gasteiger partial charge on any atom is 0.135 e. The van der Waals surface area contributed by atoms with Gasteiger partial charge in [0, 0.05) is 54.5 Å². The van der Waals surface area contributed by atoms with E-state index in [0.29, 0.717) is 0 Å². The summed E-state index contributed by atoms with van der Waals surface area (Å²) in [6.45, 7) is 6.45. The lowest BCUT2D eigenvalue weighted by Crippen LogP contribution is -1.96. The van der Waals surface area contributed by atoms with Crippen molar-refractivity contribution < 1.29 is 8.83 Å². The van der Waals surface area contributed by atoms with E-state index in [1.54, 1.807) is 0 Å². The van der Waals surface area contributed by atoms with E-state index in [1.807, 2.05) is 0 Å². The van der Waals surface area contributed by atoms with Gasteiger partial charge < -0.3 is 18.0 Å². The molecule has 14 rings (SSSR count). The average molecular weight is 873 g/mol. The monoisotopic (exact) mass is 872 g/mol. The second kappa shape index (κ2) is 14.7. The number of aryl methyl sites for hydroxylation is 3. The van der Waals surface area contributed by atoms with Crippen LogP contribution in [0.1, 0.15) is 27.8 Å². The minimum Gasteiger partial charge on any atom is -0.456 e. The van der Waals surface area contributed by atoms with E-state index in [4.69, 9.17) is 8.83 Å². The highest BCUT2D eigenvalue weighted by Crippen LogP contribution is 2.40. The van der Waals surface area contributed by atoms with Crippen LogP contribution in [0.5, 0.6) is 0 Å². The van der Waals surface area contributed by atoms with Crippen LogP contribution in [-0.2, 0) is 6.42 Å². The van der Waals surface area contributed by atoms with Gasteiger partial charge in [-0.3, -0.25) is 0 Å². The maximum absolute atomic E-state index is 6.23. The van der Waals surface area contributed by atoms with Crippen molar-refractivity contribution in [3.63, 3.8) is 0 Å². The van der Waals surface area contributed by atoms with Gasteiger partial charge in [0.2, 0.25) is 0 Å². The van der Waals surface area contributed by atoms with Gasteiger partial charge in [0.15, 0.2) is 0 Å². The van der Waals surface area contributed by atoms with Crippen LogP contribution in [0.2, 0.25) is 0 Å². The summed E-state index contributed by atoms with van der Waals surface area (Å²) in [5.41, 5.74) is 21.8. The molecule has 4 heterocycles. The Labute approximate surface area is 392 Å². The van der Waals surface area contributed by atoms with Gasteiger partial charge in [-0.2, -0.15) is 0 Å². The van der Waals surface area contributed by atoms with Crippen molar-refractivity contribution in [1.29, 1.82) is 0 Å². The predicted molar refractivity (Wildman–Crippen MR) is 284 cm³/mol. The molecule has 0 bridgehead atoms. The van der Waals surface area contributed by atoms with Crippen LogP contribution >= 0.6 is 0 Å². The number of aromatic nitrogens is 2. The fraction of sp³-hybridized carbons (Fsp3) is 0.0625. The van der Waals surface area contributed by atoms with Crippen molar-refractivity contribution >= 4 is 87.5 Å². The van der Waals surface area contributed by atoms with Crippen LogP contribution in [0.3, 0.4) is 0 Å². The van der Waals surface area contributed by atoms with Gasteiger partial charge in [-0.05, 0) is 182 Å². The smallest absolute Gasteiger partial charge is 0.135 e. The zero-order valence-corrected chi connectivity index (χ0v) is 38.0. The molecule has 322 valence electrons. The Hall–Kier alpha value is -8.60. The topological polar surface area (TPSA) is 36.1 Å². The molecule has 0 N–H and O–H groups in total. The van der Waals surface area contributed by atoms with Crippen LogP contribution in [0, 0.1) is 20.8 Å². The number of rotatable bonds is 6. The molecule has 0 saturated carbocycles. The Balaban J connectivity index is 0.830. The van der Waals surface area contributed by atoms with E-state index in [2.05, 4.69) is 230 Å². The summed E-state index contributed by atoms with van der Waals surface area (Å²) in [6.07, 6.45) is 0.823. The molecule has 68 heavy (non-hydrogen) atoms. The minimum atomic E-state index is 0.823. The Morgan fingerprint density at radius 1 is 0.294 bits per heavy atom. The molecule has 0 saturated heterocycles. The predicted octanol–water partition coefficient (Wildman–Crippen LogP) is 17.5. The molecule has 0 aliphatic rings. The normalized spacial score (nSPS) is 12.1. The fourth-order valence-corrected chi connectivity index (χ4v) is 11.0. The third-order valence-electron chi connectivity index (χ3n) is 14.3. The fourth-order valence-electron chi connectivity index (χ4n) is 11.0. The van der Waals surface area contributed by atoms with E-state index in [-0.39, 0.29) is 0 Å². The van der Waals surface area contributed by atoms with Crippen molar-refractivity contribution in [1.82, 2.24) is 9.13 Å². The molecule has 0 atom stereocenters. The molecular weight excluding hydrogens is 829 g/mol. The Morgan fingerprint density at radius 2 is 0.647 bits per heavy atom. The number of furan rings is 2. The molecule has 14 aromatic rings. The molecule has 4 heteroatoms. The summed E-state index contributed by atoms with van der Waals surface area (Å²) in [5.74, 6) is 0. The summed E-state index contributed by atoms with van der Waals surface area (Å²) in [4.78, 5) is 0. The zero-order chi connectivity index (χ0) is 45.2. The van der Waals surface area contributed by atoms with Gasteiger partial charge in [-0.1, -0.05) is 95.6 Å². The highest BCUT2D eigenvalue weighted by molar-refractivity contribution is 6.13. The Morgan fingerprint density at radius 3 is 1.18 bits per heavy atom. The van der Waals surface area contributed by atoms with Gasteiger partial charge >= 0.3 is 0 Å². The minimum absolute atomic E-state index is 0.823. The van der Waals surface area contributed by atoms with E-state index in [0.717, 1.165) is 61.7 Å². The molecule has 0 amide bonds. The lowest BCUT2D eigenvalue weighted by molar-refractivity contribution is 0.668.